The molecule has 0 aliphatic carbocycles. The molecule has 4 heteroatoms. The largest absolute Gasteiger partial charge is 0.396 e. The Labute approximate surface area is 91.7 Å². The monoisotopic (exact) mass is 219 g/mol. The SMILES string of the molecule is CC(S)C(=O)NCC(C)(C)CCCO. The van der Waals surface area contributed by atoms with E-state index in [0.29, 0.717) is 6.54 Å². The molecule has 0 spiro atoms. The fourth-order valence-corrected chi connectivity index (χ4v) is 1.21. The molecular formula is C10H21NO2S. The first-order chi connectivity index (χ1) is 6.39. The summed E-state index contributed by atoms with van der Waals surface area (Å²) < 4.78 is 0. The molecular weight excluding hydrogens is 198 g/mol. The predicted molar refractivity (Wildman–Crippen MR) is 61.6 cm³/mol. The summed E-state index contributed by atoms with van der Waals surface area (Å²) in [7, 11) is 0. The summed E-state index contributed by atoms with van der Waals surface area (Å²) in [6.45, 7) is 6.74. The number of rotatable bonds is 6. The molecule has 0 saturated heterocycles. The van der Waals surface area contributed by atoms with Crippen molar-refractivity contribution in [3.05, 3.63) is 0 Å². The highest BCUT2D eigenvalue weighted by molar-refractivity contribution is 7.81. The van der Waals surface area contributed by atoms with Crippen LogP contribution in [0.5, 0.6) is 0 Å². The molecule has 0 heterocycles. The Morgan fingerprint density at radius 2 is 2.14 bits per heavy atom. The quantitative estimate of drug-likeness (QED) is 0.588. The van der Waals surface area contributed by atoms with E-state index in [-0.39, 0.29) is 23.2 Å². The molecule has 1 atom stereocenters. The second kappa shape index (κ2) is 6.30. The number of aliphatic hydroxyl groups excluding tert-OH is 1. The maximum atomic E-state index is 11.2. The number of aliphatic hydroxyl groups is 1. The van der Waals surface area contributed by atoms with Crippen molar-refractivity contribution in [2.45, 2.75) is 38.9 Å². The van der Waals surface area contributed by atoms with Crippen molar-refractivity contribution in [3.63, 3.8) is 0 Å². The summed E-state index contributed by atoms with van der Waals surface area (Å²) in [5.74, 6) is -0.0367. The number of amides is 1. The first kappa shape index (κ1) is 13.8. The van der Waals surface area contributed by atoms with Crippen LogP contribution in [0.15, 0.2) is 0 Å². The standard InChI is InChI=1S/C10H21NO2S/c1-8(14)9(13)11-7-10(2,3)5-4-6-12/h8,12,14H,4-7H2,1-3H3,(H,11,13). The molecule has 0 aromatic rings. The van der Waals surface area contributed by atoms with Gasteiger partial charge >= 0.3 is 0 Å². The van der Waals surface area contributed by atoms with Gasteiger partial charge in [-0.15, -0.1) is 0 Å². The van der Waals surface area contributed by atoms with Crippen LogP contribution in [0.3, 0.4) is 0 Å². The number of nitrogens with one attached hydrogen (secondary N) is 1. The Bertz CT molecular complexity index is 181. The molecule has 0 aliphatic rings. The van der Waals surface area contributed by atoms with Crippen LogP contribution in [-0.2, 0) is 4.79 Å². The van der Waals surface area contributed by atoms with Gasteiger partial charge in [0.2, 0.25) is 5.91 Å². The molecule has 0 bridgehead atoms. The topological polar surface area (TPSA) is 49.3 Å². The smallest absolute Gasteiger partial charge is 0.232 e. The molecule has 0 radical (unpaired) electrons. The third kappa shape index (κ3) is 6.27. The van der Waals surface area contributed by atoms with E-state index in [1.807, 2.05) is 0 Å². The summed E-state index contributed by atoms with van der Waals surface area (Å²) in [6, 6.07) is 0. The van der Waals surface area contributed by atoms with Crippen molar-refractivity contribution in [2.24, 2.45) is 5.41 Å². The van der Waals surface area contributed by atoms with Crippen molar-refractivity contribution in [1.82, 2.24) is 5.32 Å². The van der Waals surface area contributed by atoms with E-state index in [1.165, 1.54) is 0 Å². The van der Waals surface area contributed by atoms with Crippen molar-refractivity contribution < 1.29 is 9.90 Å². The highest BCUT2D eigenvalue weighted by Crippen LogP contribution is 2.20. The van der Waals surface area contributed by atoms with Gasteiger partial charge in [-0.3, -0.25) is 4.79 Å². The second-order valence-electron chi connectivity index (χ2n) is 4.39. The zero-order valence-electron chi connectivity index (χ0n) is 9.21. The molecule has 0 rings (SSSR count). The van der Waals surface area contributed by atoms with Crippen molar-refractivity contribution in [2.75, 3.05) is 13.2 Å². The van der Waals surface area contributed by atoms with Crippen LogP contribution in [0.4, 0.5) is 0 Å². The van der Waals surface area contributed by atoms with E-state index in [0.717, 1.165) is 12.8 Å². The molecule has 84 valence electrons. The van der Waals surface area contributed by atoms with E-state index < -0.39 is 0 Å². The van der Waals surface area contributed by atoms with Crippen molar-refractivity contribution >= 4 is 18.5 Å². The molecule has 14 heavy (non-hydrogen) atoms. The Morgan fingerprint density at radius 1 is 1.57 bits per heavy atom. The highest BCUT2D eigenvalue weighted by Gasteiger charge is 2.19. The molecule has 1 unspecified atom stereocenters. The van der Waals surface area contributed by atoms with Crippen LogP contribution in [0, 0.1) is 5.41 Å². The van der Waals surface area contributed by atoms with Gasteiger partial charge in [-0.1, -0.05) is 13.8 Å². The maximum Gasteiger partial charge on any atom is 0.232 e. The van der Waals surface area contributed by atoms with Gasteiger partial charge in [0.05, 0.1) is 5.25 Å². The minimum atomic E-state index is -0.261. The van der Waals surface area contributed by atoms with E-state index >= 15 is 0 Å². The van der Waals surface area contributed by atoms with E-state index in [2.05, 4.69) is 31.8 Å². The Hall–Kier alpha value is -0.220. The van der Waals surface area contributed by atoms with Crippen LogP contribution in [0.25, 0.3) is 0 Å². The zero-order chi connectivity index (χ0) is 11.2. The van der Waals surface area contributed by atoms with Crippen molar-refractivity contribution in [3.8, 4) is 0 Å². The molecule has 0 aromatic carbocycles. The van der Waals surface area contributed by atoms with Gasteiger partial charge in [0.15, 0.2) is 0 Å². The van der Waals surface area contributed by atoms with Crippen LogP contribution in [0.2, 0.25) is 0 Å². The molecule has 0 aliphatic heterocycles. The lowest BCUT2D eigenvalue weighted by Crippen LogP contribution is -2.37. The summed E-state index contributed by atoms with van der Waals surface area (Å²) >= 11 is 4.04. The van der Waals surface area contributed by atoms with Gasteiger partial charge in [-0.05, 0) is 25.2 Å². The average molecular weight is 219 g/mol. The maximum absolute atomic E-state index is 11.2. The first-order valence-electron chi connectivity index (χ1n) is 4.96. The van der Waals surface area contributed by atoms with E-state index in [4.69, 9.17) is 5.11 Å². The van der Waals surface area contributed by atoms with Gasteiger partial charge in [0.25, 0.3) is 0 Å². The number of carbonyl (C=O) groups excluding carboxylic acids is 1. The molecule has 0 aromatic heterocycles. The fraction of sp³-hybridized carbons (Fsp3) is 0.900. The molecule has 0 saturated carbocycles. The van der Waals surface area contributed by atoms with Gasteiger partial charge in [0.1, 0.15) is 0 Å². The minimum absolute atomic E-state index is 0.0367. The average Bonchev–Trinajstić information content (AvgIpc) is 2.11. The van der Waals surface area contributed by atoms with Gasteiger partial charge in [-0.2, -0.15) is 12.6 Å². The van der Waals surface area contributed by atoms with E-state index in [9.17, 15) is 4.79 Å². The molecule has 3 nitrogen and oxygen atoms in total. The summed E-state index contributed by atoms with van der Waals surface area (Å²) in [4.78, 5) is 11.2. The number of thiol groups is 1. The zero-order valence-corrected chi connectivity index (χ0v) is 10.1. The third-order valence-electron chi connectivity index (χ3n) is 2.13. The lowest BCUT2D eigenvalue weighted by atomic mass is 9.88. The number of hydrogen-bond acceptors (Lipinski definition) is 3. The fourth-order valence-electron chi connectivity index (χ4n) is 1.12. The molecule has 1 amide bonds. The first-order valence-corrected chi connectivity index (χ1v) is 5.47. The lowest BCUT2D eigenvalue weighted by Gasteiger charge is -2.25. The summed E-state index contributed by atoms with van der Waals surface area (Å²) in [5, 5.41) is 11.3. The van der Waals surface area contributed by atoms with Crippen LogP contribution in [-0.4, -0.2) is 29.4 Å². The molecule has 0 fully saturated rings. The predicted octanol–water partition coefficient (Wildman–Crippen LogP) is 1.22. The van der Waals surface area contributed by atoms with Crippen LogP contribution < -0.4 is 5.32 Å². The van der Waals surface area contributed by atoms with E-state index in [1.54, 1.807) is 6.92 Å². The van der Waals surface area contributed by atoms with Gasteiger partial charge in [-0.25, -0.2) is 0 Å². The van der Waals surface area contributed by atoms with Crippen LogP contribution in [0.1, 0.15) is 33.6 Å². The lowest BCUT2D eigenvalue weighted by molar-refractivity contribution is -0.120. The highest BCUT2D eigenvalue weighted by atomic mass is 32.1. The van der Waals surface area contributed by atoms with Gasteiger partial charge < -0.3 is 10.4 Å². The second-order valence-corrected chi connectivity index (χ2v) is 5.16. The van der Waals surface area contributed by atoms with Crippen LogP contribution >= 0.6 is 12.6 Å². The minimum Gasteiger partial charge on any atom is -0.396 e. The van der Waals surface area contributed by atoms with Crippen molar-refractivity contribution in [1.29, 1.82) is 0 Å². The normalized spacial score (nSPS) is 13.8. The number of hydrogen-bond donors (Lipinski definition) is 3. The number of carbonyl (C=O) groups is 1. The summed E-state index contributed by atoms with van der Waals surface area (Å²) in [5.41, 5.74) is 0.0427. The third-order valence-corrected chi connectivity index (χ3v) is 2.37. The van der Waals surface area contributed by atoms with Gasteiger partial charge in [0, 0.05) is 13.2 Å². The Balaban J connectivity index is 3.80. The Morgan fingerprint density at radius 3 is 2.57 bits per heavy atom. The molecule has 2 N–H and O–H groups in total. The Kier molecular flexibility index (Phi) is 6.20. The summed E-state index contributed by atoms with van der Waals surface area (Å²) in [6.07, 6.45) is 1.68.